The van der Waals surface area contributed by atoms with E-state index in [0.29, 0.717) is 11.5 Å². The van der Waals surface area contributed by atoms with E-state index in [1.807, 2.05) is 27.7 Å². The maximum Gasteiger partial charge on any atom is 1.00 e. The Balaban J connectivity index is 0.00000400. The van der Waals surface area contributed by atoms with Crippen LogP contribution in [0.15, 0.2) is 18.2 Å². The van der Waals surface area contributed by atoms with Crippen molar-refractivity contribution in [2.45, 2.75) is 39.8 Å². The minimum Gasteiger partial charge on any atom is -0.493 e. The average Bonchev–Trinajstić information content (AvgIpc) is 2.35. The van der Waals surface area contributed by atoms with Crippen LogP contribution in [0, 0.1) is 6.07 Å². The Morgan fingerprint density at radius 2 is 1.76 bits per heavy atom. The van der Waals surface area contributed by atoms with E-state index in [2.05, 4.69) is 6.07 Å². The number of nitrogens with zero attached hydrogens (tertiary/aromatic N) is 1. The molecule has 0 unspecified atom stereocenters. The molecule has 0 aromatic heterocycles. The Kier molecular flexibility index (Phi) is 9.19. The third kappa shape index (κ3) is 6.43. The largest absolute Gasteiger partial charge is 1.00 e. The number of hydrogen-bond acceptors (Lipinski definition) is 4. The second-order valence-electron chi connectivity index (χ2n) is 4.89. The van der Waals surface area contributed by atoms with Gasteiger partial charge in [-0.05, 0) is 27.7 Å². The molecule has 0 aliphatic rings. The summed E-state index contributed by atoms with van der Waals surface area (Å²) < 4.78 is 15.4. The second kappa shape index (κ2) is 9.72. The molecular formula is C15H22LiNO4. The van der Waals surface area contributed by atoms with Crippen LogP contribution in [-0.4, -0.2) is 37.0 Å². The molecule has 0 heterocycles. The maximum absolute atomic E-state index is 12.1. The normalized spacial score (nSPS) is 10.2. The van der Waals surface area contributed by atoms with Gasteiger partial charge in [0.25, 0.3) is 0 Å². The fourth-order valence-electron chi connectivity index (χ4n) is 1.86. The van der Waals surface area contributed by atoms with Gasteiger partial charge in [-0.15, -0.1) is 12.1 Å². The monoisotopic (exact) mass is 287 g/mol. The molecule has 0 fully saturated rings. The van der Waals surface area contributed by atoms with Crippen molar-refractivity contribution in [3.8, 4) is 11.5 Å². The molecule has 21 heavy (non-hydrogen) atoms. The summed E-state index contributed by atoms with van der Waals surface area (Å²) in [5.41, 5.74) is 0. The topological polar surface area (TPSA) is 48.0 Å². The molecule has 0 N–H and O–H groups in total. The molecule has 1 rings (SSSR count). The molecule has 0 atom stereocenters. The van der Waals surface area contributed by atoms with Gasteiger partial charge < -0.3 is 19.1 Å². The summed E-state index contributed by atoms with van der Waals surface area (Å²) in [6.07, 6.45) is -0.393. The van der Waals surface area contributed by atoms with E-state index >= 15 is 0 Å². The van der Waals surface area contributed by atoms with E-state index in [-0.39, 0.29) is 37.7 Å². The van der Waals surface area contributed by atoms with Crippen LogP contribution in [0.1, 0.15) is 27.7 Å². The predicted molar refractivity (Wildman–Crippen MR) is 75.9 cm³/mol. The van der Waals surface area contributed by atoms with Crippen molar-refractivity contribution in [3.05, 3.63) is 24.3 Å². The SMILES string of the molecule is COCOc1[c-]c(OC(=O)N(C(C)C)C(C)C)ccc1.[Li+]. The Bertz CT molecular complexity index is 429. The van der Waals surface area contributed by atoms with Gasteiger partial charge in [0.15, 0.2) is 6.79 Å². The quantitative estimate of drug-likeness (QED) is 0.423. The maximum atomic E-state index is 12.1. The molecule has 0 saturated carbocycles. The van der Waals surface area contributed by atoms with E-state index < -0.39 is 6.09 Å². The van der Waals surface area contributed by atoms with Crippen molar-refractivity contribution in [1.29, 1.82) is 0 Å². The Labute approximate surface area is 138 Å². The Hall–Kier alpha value is -1.15. The molecule has 0 saturated heterocycles. The molecule has 1 aromatic rings. The van der Waals surface area contributed by atoms with Crippen LogP contribution < -0.4 is 28.3 Å². The number of ether oxygens (including phenoxy) is 3. The van der Waals surface area contributed by atoms with Gasteiger partial charge in [-0.25, -0.2) is 4.79 Å². The van der Waals surface area contributed by atoms with Crippen LogP contribution in [0.3, 0.4) is 0 Å². The van der Waals surface area contributed by atoms with Gasteiger partial charge in [0.2, 0.25) is 0 Å². The number of amides is 1. The molecule has 0 radical (unpaired) electrons. The summed E-state index contributed by atoms with van der Waals surface area (Å²) in [6, 6.07) is 8.12. The molecule has 0 bridgehead atoms. The van der Waals surface area contributed by atoms with Gasteiger partial charge in [-0.1, -0.05) is 6.07 Å². The first-order chi connectivity index (χ1) is 9.45. The number of carbonyl (C=O) groups excluding carboxylic acids is 1. The molecule has 0 spiro atoms. The smallest absolute Gasteiger partial charge is 0.493 e. The van der Waals surface area contributed by atoms with Crippen molar-refractivity contribution < 1.29 is 37.9 Å². The second-order valence-corrected chi connectivity index (χ2v) is 4.89. The van der Waals surface area contributed by atoms with Gasteiger partial charge in [-0.2, -0.15) is 6.07 Å². The van der Waals surface area contributed by atoms with E-state index in [9.17, 15) is 4.79 Å². The van der Waals surface area contributed by atoms with Crippen LogP contribution in [0.25, 0.3) is 0 Å². The van der Waals surface area contributed by atoms with E-state index in [1.54, 1.807) is 23.1 Å². The first-order valence-corrected chi connectivity index (χ1v) is 6.60. The molecule has 5 nitrogen and oxygen atoms in total. The van der Waals surface area contributed by atoms with Crippen LogP contribution in [-0.2, 0) is 4.74 Å². The average molecular weight is 287 g/mol. The Morgan fingerprint density at radius 1 is 1.19 bits per heavy atom. The van der Waals surface area contributed by atoms with Crippen LogP contribution in [0.4, 0.5) is 4.79 Å². The van der Waals surface area contributed by atoms with Crippen molar-refractivity contribution in [1.82, 2.24) is 4.90 Å². The molecule has 6 heteroatoms. The molecular weight excluding hydrogens is 265 g/mol. The number of hydrogen-bond donors (Lipinski definition) is 0. The van der Waals surface area contributed by atoms with Crippen molar-refractivity contribution >= 4 is 6.09 Å². The zero-order chi connectivity index (χ0) is 15.1. The first-order valence-electron chi connectivity index (χ1n) is 6.60. The fraction of sp³-hybridized carbons (Fsp3) is 0.533. The van der Waals surface area contributed by atoms with E-state index in [4.69, 9.17) is 14.2 Å². The van der Waals surface area contributed by atoms with Gasteiger partial charge in [0.1, 0.15) is 0 Å². The molecule has 112 valence electrons. The summed E-state index contributed by atoms with van der Waals surface area (Å²) >= 11 is 0. The standard InChI is InChI=1S/C15H22NO4.Li/c1-11(2)16(12(3)4)15(17)20-14-8-6-7-13(9-14)19-10-18-5;/h6-8,11-12H,10H2,1-5H3;/q-1;+1. The van der Waals surface area contributed by atoms with Crippen LogP contribution in [0.2, 0.25) is 0 Å². The van der Waals surface area contributed by atoms with E-state index in [0.717, 1.165) is 0 Å². The van der Waals surface area contributed by atoms with Gasteiger partial charge in [-0.3, -0.25) is 0 Å². The number of methoxy groups -OCH3 is 1. The minimum absolute atomic E-state index is 0. The summed E-state index contributed by atoms with van der Waals surface area (Å²) in [6.45, 7) is 7.91. The zero-order valence-corrected chi connectivity index (χ0v) is 13.7. The predicted octanol–water partition coefficient (Wildman–Crippen LogP) is 0.0911. The van der Waals surface area contributed by atoms with Gasteiger partial charge in [0.05, 0.1) is 0 Å². The van der Waals surface area contributed by atoms with Gasteiger partial charge in [0, 0.05) is 30.7 Å². The van der Waals surface area contributed by atoms with E-state index in [1.165, 1.54) is 7.11 Å². The first kappa shape index (κ1) is 19.8. The summed E-state index contributed by atoms with van der Waals surface area (Å²) in [5, 5.41) is 0. The summed E-state index contributed by atoms with van der Waals surface area (Å²) in [4.78, 5) is 13.8. The van der Waals surface area contributed by atoms with Crippen molar-refractivity contribution in [3.63, 3.8) is 0 Å². The summed E-state index contributed by atoms with van der Waals surface area (Å²) in [5.74, 6) is 0.799. The van der Waals surface area contributed by atoms with Crippen molar-refractivity contribution in [2.75, 3.05) is 13.9 Å². The Morgan fingerprint density at radius 3 is 2.29 bits per heavy atom. The van der Waals surface area contributed by atoms with Crippen molar-refractivity contribution in [2.24, 2.45) is 0 Å². The van der Waals surface area contributed by atoms with Gasteiger partial charge >= 0.3 is 25.0 Å². The van der Waals surface area contributed by atoms with Crippen LogP contribution in [0.5, 0.6) is 11.5 Å². The number of carbonyl (C=O) groups is 1. The molecule has 1 aromatic carbocycles. The molecule has 0 aliphatic carbocycles. The third-order valence-electron chi connectivity index (χ3n) is 2.59. The third-order valence-corrected chi connectivity index (χ3v) is 2.59. The minimum atomic E-state index is -0.393. The molecule has 0 aliphatic heterocycles. The molecule has 1 amide bonds. The number of rotatable bonds is 6. The zero-order valence-electron chi connectivity index (χ0n) is 13.7. The number of benzene rings is 1. The summed E-state index contributed by atoms with van der Waals surface area (Å²) in [7, 11) is 1.53. The fourth-order valence-corrected chi connectivity index (χ4v) is 1.86. The van der Waals surface area contributed by atoms with Crippen LogP contribution >= 0.6 is 0 Å².